The molecule has 0 N–H and O–H groups in total. The van der Waals surface area contributed by atoms with E-state index in [1.807, 2.05) is 52.5 Å². The number of aryl methyl sites for hydroxylation is 1. The van der Waals surface area contributed by atoms with Crippen LogP contribution in [-0.2, 0) is 13.1 Å². The number of para-hydroxylation sites is 2. The van der Waals surface area contributed by atoms with Gasteiger partial charge in [-0.1, -0.05) is 54.6 Å². The lowest BCUT2D eigenvalue weighted by Crippen LogP contribution is -2.24. The van der Waals surface area contributed by atoms with Gasteiger partial charge in [-0.3, -0.25) is 9.13 Å². The van der Waals surface area contributed by atoms with Gasteiger partial charge in [-0.05, 0) is 35.4 Å². The van der Waals surface area contributed by atoms with Crippen LogP contribution in [0.5, 0.6) is 0 Å². The van der Waals surface area contributed by atoms with Crippen LogP contribution in [0, 0.1) is 0 Å². The molecule has 0 saturated heterocycles. The van der Waals surface area contributed by atoms with E-state index >= 15 is 0 Å². The molecule has 0 aliphatic carbocycles. The van der Waals surface area contributed by atoms with E-state index in [9.17, 15) is 4.79 Å². The number of hydrogen-bond donors (Lipinski definition) is 0. The summed E-state index contributed by atoms with van der Waals surface area (Å²) in [5, 5.41) is 2.41. The summed E-state index contributed by atoms with van der Waals surface area (Å²) < 4.78 is 3.71. The lowest BCUT2D eigenvalue weighted by atomic mass is 10.0. The van der Waals surface area contributed by atoms with Crippen molar-refractivity contribution in [2.24, 2.45) is 0 Å². The molecule has 0 atom stereocenters. The summed E-state index contributed by atoms with van der Waals surface area (Å²) >= 11 is 0. The summed E-state index contributed by atoms with van der Waals surface area (Å²) in [6.45, 7) is 3.28. The van der Waals surface area contributed by atoms with Crippen LogP contribution >= 0.6 is 0 Å². The van der Waals surface area contributed by atoms with Gasteiger partial charge in [-0.15, -0.1) is 0 Å². The van der Waals surface area contributed by atoms with Crippen molar-refractivity contribution in [3.63, 3.8) is 0 Å². The minimum atomic E-state index is 0.0571. The van der Waals surface area contributed by atoms with Gasteiger partial charge >= 0.3 is 5.69 Å². The number of aromatic nitrogens is 2. The van der Waals surface area contributed by atoms with Crippen molar-refractivity contribution in [2.45, 2.75) is 20.0 Å². The van der Waals surface area contributed by atoms with Crippen LogP contribution in [0.2, 0.25) is 0 Å². The summed E-state index contributed by atoms with van der Waals surface area (Å²) in [5.74, 6) is 0. The highest BCUT2D eigenvalue weighted by molar-refractivity contribution is 5.86. The maximum Gasteiger partial charge on any atom is 0.329 e. The fourth-order valence-corrected chi connectivity index (χ4v) is 3.33. The van der Waals surface area contributed by atoms with Gasteiger partial charge in [0.2, 0.25) is 0 Å². The molecule has 1 aromatic heterocycles. The number of nitrogens with zero attached hydrogens (tertiary/aromatic N) is 2. The summed E-state index contributed by atoms with van der Waals surface area (Å²) in [6, 6.07) is 22.6. The molecule has 3 nitrogen and oxygen atoms in total. The fraction of sp³-hybridized carbons (Fsp3) is 0.150. The average molecular weight is 302 g/mol. The second-order valence-corrected chi connectivity index (χ2v) is 5.74. The molecule has 1 heterocycles. The molecular weight excluding hydrogens is 284 g/mol. The van der Waals surface area contributed by atoms with Crippen LogP contribution in [0.3, 0.4) is 0 Å². The highest BCUT2D eigenvalue weighted by Gasteiger charge is 2.12. The molecule has 3 heteroatoms. The van der Waals surface area contributed by atoms with E-state index in [1.165, 1.54) is 16.3 Å². The summed E-state index contributed by atoms with van der Waals surface area (Å²) in [5.41, 5.74) is 3.22. The molecule has 3 aromatic carbocycles. The van der Waals surface area contributed by atoms with Crippen molar-refractivity contribution in [3.8, 4) is 0 Å². The largest absolute Gasteiger partial charge is 0.329 e. The topological polar surface area (TPSA) is 26.9 Å². The van der Waals surface area contributed by atoms with Crippen LogP contribution < -0.4 is 5.69 Å². The Morgan fingerprint density at radius 2 is 1.43 bits per heavy atom. The highest BCUT2D eigenvalue weighted by atomic mass is 16.1. The van der Waals surface area contributed by atoms with Gasteiger partial charge in [0.25, 0.3) is 0 Å². The molecule has 0 aliphatic rings. The van der Waals surface area contributed by atoms with E-state index in [1.54, 1.807) is 0 Å². The fourth-order valence-electron chi connectivity index (χ4n) is 3.33. The van der Waals surface area contributed by atoms with Gasteiger partial charge in [-0.25, -0.2) is 4.79 Å². The standard InChI is InChI=1S/C20H18N2O/c1-2-21-18-12-5-6-13-19(18)22(20(21)23)14-16-10-7-9-15-8-3-4-11-17(15)16/h3-13H,2,14H2,1H3. The zero-order valence-electron chi connectivity index (χ0n) is 13.1. The molecule has 0 saturated carbocycles. The molecular formula is C20H18N2O. The van der Waals surface area contributed by atoms with Crippen molar-refractivity contribution < 1.29 is 0 Å². The van der Waals surface area contributed by atoms with Gasteiger partial charge < -0.3 is 0 Å². The van der Waals surface area contributed by atoms with Gasteiger partial charge in [0.15, 0.2) is 0 Å². The van der Waals surface area contributed by atoms with Crippen LogP contribution in [0.15, 0.2) is 71.5 Å². The highest BCUT2D eigenvalue weighted by Crippen LogP contribution is 2.21. The molecule has 23 heavy (non-hydrogen) atoms. The predicted octanol–water partition coefficient (Wildman–Crippen LogP) is 4.02. The summed E-state index contributed by atoms with van der Waals surface area (Å²) in [6.07, 6.45) is 0. The van der Waals surface area contributed by atoms with Crippen molar-refractivity contribution >= 4 is 21.8 Å². The van der Waals surface area contributed by atoms with E-state index in [2.05, 4.69) is 30.3 Å². The molecule has 0 radical (unpaired) electrons. The number of hydrogen-bond acceptors (Lipinski definition) is 1. The van der Waals surface area contributed by atoms with E-state index < -0.39 is 0 Å². The molecule has 0 amide bonds. The minimum Gasteiger partial charge on any atom is -0.292 e. The molecule has 0 aliphatic heterocycles. The molecule has 0 fully saturated rings. The first-order chi connectivity index (χ1) is 11.3. The lowest BCUT2D eigenvalue weighted by Gasteiger charge is -2.08. The van der Waals surface area contributed by atoms with Crippen LogP contribution in [0.4, 0.5) is 0 Å². The number of fused-ring (bicyclic) bond motifs is 2. The molecule has 114 valence electrons. The first kappa shape index (κ1) is 13.8. The van der Waals surface area contributed by atoms with Gasteiger partial charge in [0.05, 0.1) is 17.6 Å². The van der Waals surface area contributed by atoms with Gasteiger partial charge in [0, 0.05) is 6.54 Å². The Bertz CT molecular complexity index is 1050. The number of imidazole rings is 1. The zero-order valence-corrected chi connectivity index (χ0v) is 13.1. The second kappa shape index (κ2) is 5.43. The first-order valence-electron chi connectivity index (χ1n) is 7.94. The second-order valence-electron chi connectivity index (χ2n) is 5.74. The monoisotopic (exact) mass is 302 g/mol. The Labute approximate surface area is 134 Å². The van der Waals surface area contributed by atoms with E-state index in [0.29, 0.717) is 13.1 Å². The van der Waals surface area contributed by atoms with E-state index in [4.69, 9.17) is 0 Å². The Hall–Kier alpha value is -2.81. The lowest BCUT2D eigenvalue weighted by molar-refractivity contribution is 0.686. The first-order valence-corrected chi connectivity index (χ1v) is 7.94. The number of rotatable bonds is 3. The summed E-state index contributed by atoms with van der Waals surface area (Å²) in [7, 11) is 0. The average Bonchev–Trinajstić information content (AvgIpc) is 2.87. The molecule has 0 spiro atoms. The Morgan fingerprint density at radius 1 is 0.783 bits per heavy atom. The third kappa shape index (κ3) is 2.16. The van der Waals surface area contributed by atoms with Crippen LogP contribution in [-0.4, -0.2) is 9.13 Å². The van der Waals surface area contributed by atoms with Crippen molar-refractivity contribution in [2.75, 3.05) is 0 Å². The van der Waals surface area contributed by atoms with Crippen LogP contribution in [0.25, 0.3) is 21.8 Å². The molecule has 0 unspecified atom stereocenters. The number of benzene rings is 3. The Morgan fingerprint density at radius 3 is 2.22 bits per heavy atom. The summed E-state index contributed by atoms with van der Waals surface area (Å²) in [4.78, 5) is 12.8. The van der Waals surface area contributed by atoms with Gasteiger partial charge in [-0.2, -0.15) is 0 Å². The molecule has 4 rings (SSSR count). The van der Waals surface area contributed by atoms with E-state index in [0.717, 1.165) is 11.0 Å². The third-order valence-corrected chi connectivity index (χ3v) is 4.45. The van der Waals surface area contributed by atoms with Crippen molar-refractivity contribution in [1.82, 2.24) is 9.13 Å². The predicted molar refractivity (Wildman–Crippen MR) is 94.9 cm³/mol. The molecule has 4 aromatic rings. The smallest absolute Gasteiger partial charge is 0.292 e. The normalized spacial score (nSPS) is 11.3. The van der Waals surface area contributed by atoms with Crippen molar-refractivity contribution in [3.05, 3.63) is 82.8 Å². The van der Waals surface area contributed by atoms with Crippen LogP contribution in [0.1, 0.15) is 12.5 Å². The maximum absolute atomic E-state index is 12.8. The third-order valence-electron chi connectivity index (χ3n) is 4.45. The van der Waals surface area contributed by atoms with Crippen molar-refractivity contribution in [1.29, 1.82) is 0 Å². The quantitative estimate of drug-likeness (QED) is 0.561. The Balaban J connectivity index is 1.94. The molecule has 0 bridgehead atoms. The van der Waals surface area contributed by atoms with Gasteiger partial charge in [0.1, 0.15) is 0 Å². The Kier molecular flexibility index (Phi) is 3.27. The van der Waals surface area contributed by atoms with E-state index in [-0.39, 0.29) is 5.69 Å². The maximum atomic E-state index is 12.8. The zero-order chi connectivity index (χ0) is 15.8. The minimum absolute atomic E-state index is 0.0571. The SMILES string of the molecule is CCn1c(=O)n(Cc2cccc3ccccc23)c2ccccc21.